The van der Waals surface area contributed by atoms with E-state index in [9.17, 15) is 9.18 Å². The van der Waals surface area contributed by atoms with Crippen LogP contribution in [0.4, 0.5) is 4.39 Å². The number of hydrogen-bond acceptors (Lipinski definition) is 4. The van der Waals surface area contributed by atoms with Crippen molar-refractivity contribution in [3.8, 4) is 0 Å². The first-order valence-electron chi connectivity index (χ1n) is 5.99. The highest BCUT2D eigenvalue weighted by atomic mass is 19.1. The van der Waals surface area contributed by atoms with Gasteiger partial charge in [0.05, 0.1) is 11.9 Å². The third-order valence-electron chi connectivity index (χ3n) is 2.77. The first-order chi connectivity index (χ1) is 9.58. The number of hydrogen-bond donors (Lipinski definition) is 4. The summed E-state index contributed by atoms with van der Waals surface area (Å²) >= 11 is 0. The molecule has 1 aromatic heterocycles. The standard InChI is InChI=1S/C12H13BFN3O3/c14-11-5-8(13(19)20)1-2-10(11)12(18)16-4-3-9-6-15-7-17-9/h1-2,5-7,19-20H,3-4H2,(H,15,17)(H,16,18). The zero-order valence-corrected chi connectivity index (χ0v) is 10.5. The molecule has 1 amide bonds. The van der Waals surface area contributed by atoms with Gasteiger partial charge in [-0.2, -0.15) is 0 Å². The Morgan fingerprint density at radius 2 is 2.25 bits per heavy atom. The van der Waals surface area contributed by atoms with E-state index in [1.807, 2.05) is 0 Å². The van der Waals surface area contributed by atoms with Crippen LogP contribution in [0.15, 0.2) is 30.7 Å². The lowest BCUT2D eigenvalue weighted by atomic mass is 9.80. The summed E-state index contributed by atoms with van der Waals surface area (Å²) < 4.78 is 13.7. The third-order valence-corrected chi connectivity index (χ3v) is 2.77. The topological polar surface area (TPSA) is 98.2 Å². The van der Waals surface area contributed by atoms with Gasteiger partial charge >= 0.3 is 7.12 Å². The number of aromatic nitrogens is 2. The summed E-state index contributed by atoms with van der Waals surface area (Å²) in [7, 11) is -1.76. The summed E-state index contributed by atoms with van der Waals surface area (Å²) in [5.74, 6) is -1.35. The second-order valence-electron chi connectivity index (χ2n) is 4.20. The molecule has 0 aliphatic carbocycles. The number of H-pyrrole nitrogens is 1. The molecule has 104 valence electrons. The van der Waals surface area contributed by atoms with Crippen LogP contribution in [-0.4, -0.2) is 39.6 Å². The molecule has 0 saturated carbocycles. The molecule has 2 aromatic rings. The van der Waals surface area contributed by atoms with Gasteiger partial charge in [-0.15, -0.1) is 0 Å². The fraction of sp³-hybridized carbons (Fsp3) is 0.167. The number of halogens is 1. The van der Waals surface area contributed by atoms with Gasteiger partial charge in [0.25, 0.3) is 5.91 Å². The van der Waals surface area contributed by atoms with Gasteiger partial charge in [-0.3, -0.25) is 4.79 Å². The van der Waals surface area contributed by atoms with E-state index in [2.05, 4.69) is 15.3 Å². The summed E-state index contributed by atoms with van der Waals surface area (Å²) in [5, 5.41) is 20.4. The Morgan fingerprint density at radius 3 is 2.85 bits per heavy atom. The molecule has 4 N–H and O–H groups in total. The SMILES string of the molecule is O=C(NCCc1cnc[nH]1)c1ccc(B(O)O)cc1F. The van der Waals surface area contributed by atoms with Crippen LogP contribution in [0.3, 0.4) is 0 Å². The van der Waals surface area contributed by atoms with Crippen molar-refractivity contribution in [1.82, 2.24) is 15.3 Å². The number of carbonyl (C=O) groups is 1. The Kier molecular flexibility index (Phi) is 4.49. The van der Waals surface area contributed by atoms with Gasteiger partial charge in [0.2, 0.25) is 0 Å². The van der Waals surface area contributed by atoms with Gasteiger partial charge in [-0.25, -0.2) is 9.37 Å². The molecule has 0 unspecified atom stereocenters. The lowest BCUT2D eigenvalue weighted by molar-refractivity contribution is 0.0950. The van der Waals surface area contributed by atoms with Crippen molar-refractivity contribution in [2.24, 2.45) is 0 Å². The van der Waals surface area contributed by atoms with Gasteiger partial charge in [-0.05, 0) is 17.6 Å². The maximum Gasteiger partial charge on any atom is 0.488 e. The van der Waals surface area contributed by atoms with Crippen LogP contribution in [0, 0.1) is 5.82 Å². The normalized spacial score (nSPS) is 10.3. The van der Waals surface area contributed by atoms with Gasteiger partial charge in [0.1, 0.15) is 5.82 Å². The minimum Gasteiger partial charge on any atom is -0.423 e. The van der Waals surface area contributed by atoms with Gasteiger partial charge in [0, 0.05) is 24.9 Å². The number of amides is 1. The minimum atomic E-state index is -1.76. The fourth-order valence-electron chi connectivity index (χ4n) is 1.70. The average Bonchev–Trinajstić information content (AvgIpc) is 2.91. The molecule has 0 aliphatic rings. The fourth-order valence-corrected chi connectivity index (χ4v) is 1.70. The van der Waals surface area contributed by atoms with E-state index in [-0.39, 0.29) is 11.0 Å². The van der Waals surface area contributed by atoms with Crippen molar-refractivity contribution in [2.75, 3.05) is 6.54 Å². The highest BCUT2D eigenvalue weighted by Crippen LogP contribution is 2.05. The Morgan fingerprint density at radius 1 is 1.45 bits per heavy atom. The Balaban J connectivity index is 1.95. The number of aromatic amines is 1. The van der Waals surface area contributed by atoms with Crippen LogP contribution in [0.1, 0.15) is 16.1 Å². The molecule has 0 aliphatic heterocycles. The second kappa shape index (κ2) is 6.31. The monoisotopic (exact) mass is 277 g/mol. The highest BCUT2D eigenvalue weighted by molar-refractivity contribution is 6.58. The summed E-state index contributed by atoms with van der Waals surface area (Å²) in [6.45, 7) is 0.338. The van der Waals surface area contributed by atoms with Crippen LogP contribution in [0.25, 0.3) is 0 Å². The molecule has 20 heavy (non-hydrogen) atoms. The van der Waals surface area contributed by atoms with E-state index in [0.29, 0.717) is 13.0 Å². The summed E-state index contributed by atoms with van der Waals surface area (Å²) in [6.07, 6.45) is 3.74. The maximum atomic E-state index is 13.7. The number of carbonyl (C=O) groups excluding carboxylic acids is 1. The van der Waals surface area contributed by atoms with Crippen molar-refractivity contribution < 1.29 is 19.2 Å². The Hall–Kier alpha value is -2.19. The number of benzene rings is 1. The third kappa shape index (κ3) is 3.43. The van der Waals surface area contributed by atoms with Crippen molar-refractivity contribution >= 4 is 18.5 Å². The summed E-state index contributed by atoms with van der Waals surface area (Å²) in [4.78, 5) is 18.5. The number of nitrogens with zero attached hydrogens (tertiary/aromatic N) is 1. The highest BCUT2D eigenvalue weighted by Gasteiger charge is 2.16. The van der Waals surface area contributed by atoms with Crippen molar-refractivity contribution in [3.05, 3.63) is 47.8 Å². The molecule has 1 aromatic carbocycles. The van der Waals surface area contributed by atoms with Crippen LogP contribution >= 0.6 is 0 Å². The summed E-state index contributed by atoms with van der Waals surface area (Å²) in [5.41, 5.74) is 0.722. The number of rotatable bonds is 5. The molecule has 1 heterocycles. The van der Waals surface area contributed by atoms with E-state index in [0.717, 1.165) is 11.8 Å². The molecular formula is C12H13BFN3O3. The maximum absolute atomic E-state index is 13.7. The lowest BCUT2D eigenvalue weighted by Gasteiger charge is -2.07. The zero-order valence-electron chi connectivity index (χ0n) is 10.5. The largest absolute Gasteiger partial charge is 0.488 e. The molecule has 6 nitrogen and oxygen atoms in total. The lowest BCUT2D eigenvalue weighted by Crippen LogP contribution is -2.32. The Labute approximate surface area is 114 Å². The van der Waals surface area contributed by atoms with Crippen molar-refractivity contribution in [1.29, 1.82) is 0 Å². The van der Waals surface area contributed by atoms with Crippen molar-refractivity contribution in [3.63, 3.8) is 0 Å². The predicted octanol–water partition coefficient (Wildman–Crippen LogP) is -0.799. The van der Waals surface area contributed by atoms with Crippen molar-refractivity contribution in [2.45, 2.75) is 6.42 Å². The van der Waals surface area contributed by atoms with E-state index in [1.54, 1.807) is 6.20 Å². The molecule has 0 atom stereocenters. The first-order valence-corrected chi connectivity index (χ1v) is 5.99. The van der Waals surface area contributed by atoms with Crippen LogP contribution in [0.2, 0.25) is 0 Å². The van der Waals surface area contributed by atoms with E-state index in [1.165, 1.54) is 18.5 Å². The van der Waals surface area contributed by atoms with Crippen LogP contribution in [0.5, 0.6) is 0 Å². The van der Waals surface area contributed by atoms with E-state index >= 15 is 0 Å². The van der Waals surface area contributed by atoms with Crippen LogP contribution < -0.4 is 10.8 Å². The zero-order chi connectivity index (χ0) is 14.5. The van der Waals surface area contributed by atoms with E-state index in [4.69, 9.17) is 10.0 Å². The molecule has 0 saturated heterocycles. The van der Waals surface area contributed by atoms with Crippen LogP contribution in [-0.2, 0) is 6.42 Å². The van der Waals surface area contributed by atoms with Gasteiger partial charge < -0.3 is 20.3 Å². The molecule has 2 rings (SSSR count). The summed E-state index contributed by atoms with van der Waals surface area (Å²) in [6, 6.07) is 3.43. The average molecular weight is 277 g/mol. The molecule has 0 bridgehead atoms. The number of imidazole rings is 1. The molecule has 8 heteroatoms. The molecular weight excluding hydrogens is 264 g/mol. The minimum absolute atomic E-state index is 0.00323. The van der Waals surface area contributed by atoms with E-state index < -0.39 is 18.8 Å². The first kappa shape index (κ1) is 14.2. The van der Waals surface area contributed by atoms with Gasteiger partial charge in [0.15, 0.2) is 0 Å². The van der Waals surface area contributed by atoms with Gasteiger partial charge in [-0.1, -0.05) is 6.07 Å². The quantitative estimate of drug-likeness (QED) is 0.538. The second-order valence-corrected chi connectivity index (χ2v) is 4.20. The number of nitrogens with one attached hydrogen (secondary N) is 2. The molecule has 0 radical (unpaired) electrons. The molecule has 0 spiro atoms. The predicted molar refractivity (Wildman–Crippen MR) is 70.9 cm³/mol. The smallest absolute Gasteiger partial charge is 0.423 e. The molecule has 0 fully saturated rings. The Bertz CT molecular complexity index is 590.